The van der Waals surface area contributed by atoms with Crippen LogP contribution < -0.4 is 14.2 Å². The van der Waals surface area contributed by atoms with Crippen LogP contribution in [-0.2, 0) is 24.2 Å². The van der Waals surface area contributed by atoms with Crippen LogP contribution in [0.5, 0.6) is 17.4 Å². The lowest BCUT2D eigenvalue weighted by Crippen LogP contribution is -2.07. The topological polar surface area (TPSA) is 88.4 Å². The fraction of sp³-hybridized carbons (Fsp3) is 0.333. The molecule has 172 valence electrons. The molecule has 0 bridgehead atoms. The molecule has 2 heterocycles. The van der Waals surface area contributed by atoms with Gasteiger partial charge in [-0.15, -0.1) is 0 Å². The van der Waals surface area contributed by atoms with E-state index in [1.807, 2.05) is 36.4 Å². The van der Waals surface area contributed by atoms with Gasteiger partial charge in [-0.1, -0.05) is 19.4 Å². The molecule has 2 aromatic heterocycles. The van der Waals surface area contributed by atoms with Crippen LogP contribution in [0.3, 0.4) is 0 Å². The van der Waals surface area contributed by atoms with Gasteiger partial charge in [0.05, 0.1) is 38.2 Å². The molecule has 0 unspecified atom stereocenters. The van der Waals surface area contributed by atoms with Gasteiger partial charge < -0.3 is 14.2 Å². The van der Waals surface area contributed by atoms with Crippen LogP contribution in [0.15, 0.2) is 36.4 Å². The number of aromatic nitrogens is 4. The number of hydrogen-bond acceptors (Lipinski definition) is 8. The van der Waals surface area contributed by atoms with E-state index in [1.54, 1.807) is 18.9 Å². The smallest absolute Gasteiger partial charge is 0.299 e. The zero-order chi connectivity index (χ0) is 23.2. The Hall–Kier alpha value is -3.46. The average molecular weight is 467 g/mol. The number of nitrogens with zero attached hydrogens (tertiary/aromatic N) is 4. The van der Waals surface area contributed by atoms with Gasteiger partial charge in [0, 0.05) is 23.6 Å². The molecular formula is C24H26N4O4S. The molecule has 8 nitrogen and oxygen atoms in total. The van der Waals surface area contributed by atoms with Crippen LogP contribution in [0.25, 0.3) is 11.0 Å². The van der Waals surface area contributed by atoms with Crippen molar-refractivity contribution in [2.24, 2.45) is 0 Å². The highest BCUT2D eigenvalue weighted by atomic mass is 32.1. The van der Waals surface area contributed by atoms with Crippen LogP contribution in [-0.4, -0.2) is 39.2 Å². The molecule has 0 radical (unpaired) electrons. The summed E-state index contributed by atoms with van der Waals surface area (Å²) in [4.78, 5) is 11.4. The van der Waals surface area contributed by atoms with E-state index in [2.05, 4.69) is 15.7 Å². The summed E-state index contributed by atoms with van der Waals surface area (Å²) in [6.07, 6.45) is 3.41. The molecule has 0 amide bonds. The van der Waals surface area contributed by atoms with Gasteiger partial charge in [-0.3, -0.25) is 4.79 Å². The molecular weight excluding hydrogens is 440 g/mol. The van der Waals surface area contributed by atoms with Gasteiger partial charge in [-0.25, -0.2) is 4.68 Å². The van der Waals surface area contributed by atoms with E-state index in [0.717, 1.165) is 52.7 Å². The first-order valence-electron chi connectivity index (χ1n) is 10.8. The molecule has 33 heavy (non-hydrogen) atoms. The lowest BCUT2D eigenvalue weighted by molar-refractivity contribution is -0.121. The molecule has 4 rings (SSSR count). The Bertz CT molecular complexity index is 1250. The third-order valence-corrected chi connectivity index (χ3v) is 6.08. The molecule has 0 aliphatic heterocycles. The number of carbonyl (C=O) groups is 1. The maximum Gasteiger partial charge on any atom is 0.299 e. The summed E-state index contributed by atoms with van der Waals surface area (Å²) in [5.41, 5.74) is 5.54. The van der Waals surface area contributed by atoms with Gasteiger partial charge in [0.1, 0.15) is 22.5 Å². The number of carbonyl (C=O) groups excluding carboxylic acids is 1. The van der Waals surface area contributed by atoms with Crippen molar-refractivity contribution in [3.63, 3.8) is 0 Å². The fourth-order valence-corrected chi connectivity index (χ4v) is 4.34. The minimum absolute atomic E-state index is 0.393. The van der Waals surface area contributed by atoms with Crippen LogP contribution in [0.1, 0.15) is 42.1 Å². The van der Waals surface area contributed by atoms with Crippen molar-refractivity contribution in [1.29, 1.82) is 0 Å². The van der Waals surface area contributed by atoms with Crippen molar-refractivity contribution < 1.29 is 19.0 Å². The third-order valence-electron chi connectivity index (χ3n) is 5.52. The first-order chi connectivity index (χ1) is 16.2. The maximum atomic E-state index is 11.4. The molecule has 0 fully saturated rings. The largest absolute Gasteiger partial charge is 0.497 e. The van der Waals surface area contributed by atoms with Gasteiger partial charge in [-0.2, -0.15) is 13.8 Å². The highest BCUT2D eigenvalue weighted by Gasteiger charge is 2.21. The van der Waals surface area contributed by atoms with Crippen molar-refractivity contribution in [1.82, 2.24) is 18.5 Å². The van der Waals surface area contributed by atoms with Crippen molar-refractivity contribution in [3.8, 4) is 17.4 Å². The van der Waals surface area contributed by atoms with E-state index in [-0.39, 0.29) is 0 Å². The number of methoxy groups -OCH3 is 2. The number of fused-ring (bicyclic) bond motifs is 1. The van der Waals surface area contributed by atoms with Crippen LogP contribution in [0, 0.1) is 0 Å². The lowest BCUT2D eigenvalue weighted by Gasteiger charge is -2.12. The Balaban J connectivity index is 1.74. The molecule has 0 saturated carbocycles. The van der Waals surface area contributed by atoms with Crippen molar-refractivity contribution in [2.45, 2.75) is 39.2 Å². The maximum absolute atomic E-state index is 11.4. The standard InChI is InChI=1S/C24H26N4O4S/c1-4-5-6-20-19(11-16-7-10-21-22(12-16)27-33-26-21)24(32-15-29)28(25-20)14-17-8-9-18(30-2)13-23(17)31-3/h7-10,12-13,15H,4-6,11,14H2,1-3H3. The van der Waals surface area contributed by atoms with Crippen LogP contribution >= 0.6 is 11.7 Å². The number of hydrogen-bond donors (Lipinski definition) is 0. The highest BCUT2D eigenvalue weighted by Crippen LogP contribution is 2.31. The highest BCUT2D eigenvalue weighted by molar-refractivity contribution is 7.00. The summed E-state index contributed by atoms with van der Waals surface area (Å²) in [6.45, 7) is 2.99. The number of ether oxygens (including phenoxy) is 3. The summed E-state index contributed by atoms with van der Waals surface area (Å²) >= 11 is 1.20. The first kappa shape index (κ1) is 22.7. The zero-order valence-corrected chi connectivity index (χ0v) is 19.7. The molecule has 4 aromatic rings. The Morgan fingerprint density at radius 2 is 1.91 bits per heavy atom. The van der Waals surface area contributed by atoms with E-state index in [1.165, 1.54) is 11.7 Å². The number of aryl methyl sites for hydroxylation is 1. The van der Waals surface area contributed by atoms with Crippen molar-refractivity contribution in [3.05, 3.63) is 58.8 Å². The van der Waals surface area contributed by atoms with Crippen molar-refractivity contribution in [2.75, 3.05) is 14.2 Å². The number of benzene rings is 2. The Kier molecular flexibility index (Phi) is 7.19. The molecule has 0 atom stereocenters. The molecule has 0 aliphatic rings. The third kappa shape index (κ3) is 4.98. The Morgan fingerprint density at radius 1 is 1.06 bits per heavy atom. The Morgan fingerprint density at radius 3 is 2.67 bits per heavy atom. The first-order valence-corrected chi connectivity index (χ1v) is 11.5. The monoisotopic (exact) mass is 466 g/mol. The fourth-order valence-electron chi connectivity index (χ4n) is 3.82. The second kappa shape index (κ2) is 10.4. The van der Waals surface area contributed by atoms with Crippen molar-refractivity contribution >= 4 is 29.2 Å². The Labute approximate surface area is 196 Å². The summed E-state index contributed by atoms with van der Waals surface area (Å²) in [5.74, 6) is 1.84. The van der Waals surface area contributed by atoms with Gasteiger partial charge in [0.15, 0.2) is 0 Å². The molecule has 9 heteroatoms. The second-order valence-corrected chi connectivity index (χ2v) is 8.18. The molecule has 0 saturated heterocycles. The average Bonchev–Trinajstić information content (AvgIpc) is 3.43. The number of rotatable bonds is 11. The van der Waals surface area contributed by atoms with Gasteiger partial charge in [-0.05, 0) is 42.7 Å². The summed E-state index contributed by atoms with van der Waals surface area (Å²) in [6, 6.07) is 11.6. The molecule has 0 spiro atoms. The SMILES string of the molecule is CCCCc1nn(Cc2ccc(OC)cc2OC)c(OC=O)c1Cc1ccc2nsnc2c1. The van der Waals surface area contributed by atoms with E-state index in [4.69, 9.17) is 19.3 Å². The minimum atomic E-state index is 0.393. The predicted octanol–water partition coefficient (Wildman–Crippen LogP) is 4.42. The summed E-state index contributed by atoms with van der Waals surface area (Å²) in [5, 5.41) is 4.85. The van der Waals surface area contributed by atoms with E-state index in [0.29, 0.717) is 36.8 Å². The summed E-state index contributed by atoms with van der Waals surface area (Å²) in [7, 11) is 3.23. The second-order valence-electron chi connectivity index (χ2n) is 7.65. The lowest BCUT2D eigenvalue weighted by atomic mass is 10.0. The normalized spacial score (nSPS) is 11.0. The quantitative estimate of drug-likeness (QED) is 0.302. The molecule has 0 N–H and O–H groups in total. The van der Waals surface area contributed by atoms with E-state index in [9.17, 15) is 4.79 Å². The van der Waals surface area contributed by atoms with Gasteiger partial charge in [0.25, 0.3) is 6.47 Å². The molecule has 0 aliphatic carbocycles. The minimum Gasteiger partial charge on any atom is -0.497 e. The zero-order valence-electron chi connectivity index (χ0n) is 18.9. The van der Waals surface area contributed by atoms with Gasteiger partial charge >= 0.3 is 0 Å². The van der Waals surface area contributed by atoms with Gasteiger partial charge in [0.2, 0.25) is 5.88 Å². The van der Waals surface area contributed by atoms with Crippen LogP contribution in [0.4, 0.5) is 0 Å². The number of unbranched alkanes of at least 4 members (excludes halogenated alkanes) is 1. The molecule has 2 aromatic carbocycles. The summed E-state index contributed by atoms with van der Waals surface area (Å²) < 4.78 is 26.7. The van der Waals surface area contributed by atoms with E-state index >= 15 is 0 Å². The van der Waals surface area contributed by atoms with Crippen LogP contribution in [0.2, 0.25) is 0 Å². The predicted molar refractivity (Wildman–Crippen MR) is 126 cm³/mol. The van der Waals surface area contributed by atoms with E-state index < -0.39 is 0 Å².